The largest absolute Gasteiger partial charge is 0.315 e. The van der Waals surface area contributed by atoms with Crippen molar-refractivity contribution in [3.63, 3.8) is 0 Å². The van der Waals surface area contributed by atoms with E-state index in [-0.39, 0.29) is 6.54 Å². The Morgan fingerprint density at radius 2 is 2.11 bits per heavy atom. The molecular formula is C19H16N4O3S. The number of carbonyl (C=O) groups excluding carboxylic acids is 3. The molecule has 0 bridgehead atoms. The molecular weight excluding hydrogens is 364 g/mol. The molecule has 1 N–H and O–H groups in total. The number of carbonyl (C=O) groups is 3. The molecule has 0 spiro atoms. The van der Waals surface area contributed by atoms with E-state index in [4.69, 9.17) is 0 Å². The van der Waals surface area contributed by atoms with Crippen LogP contribution in [0.4, 0.5) is 10.7 Å². The average Bonchev–Trinajstić information content (AvgIpc) is 3.11. The summed E-state index contributed by atoms with van der Waals surface area (Å²) in [6, 6.07) is 8.81. The number of fused-ring (bicyclic) bond motifs is 2. The van der Waals surface area contributed by atoms with E-state index < -0.39 is 17.6 Å². The fourth-order valence-electron chi connectivity index (χ4n) is 3.45. The SMILES string of the molecule is CN1CCc2c(sc(NC(=O)CN3C(=O)C(=O)c4ccccc43)c2C#N)C1. The van der Waals surface area contributed by atoms with Gasteiger partial charge in [-0.1, -0.05) is 12.1 Å². The number of para-hydroxylation sites is 1. The lowest BCUT2D eigenvalue weighted by Crippen LogP contribution is -2.37. The minimum atomic E-state index is -0.709. The topological polar surface area (TPSA) is 93.5 Å². The highest BCUT2D eigenvalue weighted by atomic mass is 32.1. The third kappa shape index (κ3) is 2.91. The molecule has 0 fully saturated rings. The normalized spacial score (nSPS) is 16.1. The number of anilines is 2. The molecule has 7 nitrogen and oxygen atoms in total. The van der Waals surface area contributed by atoms with Crippen molar-refractivity contribution < 1.29 is 14.4 Å². The quantitative estimate of drug-likeness (QED) is 0.819. The first-order chi connectivity index (χ1) is 13.0. The molecule has 4 rings (SSSR count). The van der Waals surface area contributed by atoms with Crippen molar-refractivity contribution >= 4 is 39.6 Å². The number of nitrogens with one attached hydrogen (secondary N) is 1. The van der Waals surface area contributed by atoms with Crippen LogP contribution in [0.5, 0.6) is 0 Å². The maximum Gasteiger partial charge on any atom is 0.299 e. The van der Waals surface area contributed by atoms with Crippen LogP contribution in [0.25, 0.3) is 0 Å². The molecule has 27 heavy (non-hydrogen) atoms. The van der Waals surface area contributed by atoms with Crippen LogP contribution in [0.15, 0.2) is 24.3 Å². The van der Waals surface area contributed by atoms with E-state index in [1.807, 2.05) is 7.05 Å². The number of benzene rings is 1. The number of nitrogens with zero attached hydrogens (tertiary/aromatic N) is 3. The summed E-state index contributed by atoms with van der Waals surface area (Å²) < 4.78 is 0. The zero-order valence-corrected chi connectivity index (χ0v) is 15.4. The van der Waals surface area contributed by atoms with Crippen LogP contribution in [0.2, 0.25) is 0 Å². The Bertz CT molecular complexity index is 1020. The van der Waals surface area contributed by atoms with E-state index in [0.29, 0.717) is 21.8 Å². The first kappa shape index (κ1) is 17.4. The fourth-order valence-corrected chi connectivity index (χ4v) is 4.75. The molecule has 1 aromatic heterocycles. The lowest BCUT2D eigenvalue weighted by Gasteiger charge is -2.21. The van der Waals surface area contributed by atoms with Gasteiger partial charge in [-0.2, -0.15) is 5.26 Å². The van der Waals surface area contributed by atoms with Crippen molar-refractivity contribution in [1.82, 2.24) is 4.90 Å². The van der Waals surface area contributed by atoms with Gasteiger partial charge in [0.25, 0.3) is 11.7 Å². The summed E-state index contributed by atoms with van der Waals surface area (Å²) in [5, 5.41) is 12.8. The third-order valence-corrected chi connectivity index (χ3v) is 5.93. The molecule has 2 aliphatic rings. The predicted molar refractivity (Wildman–Crippen MR) is 101 cm³/mol. The van der Waals surface area contributed by atoms with Crippen molar-refractivity contribution in [2.75, 3.05) is 30.4 Å². The standard InChI is InChI=1S/C19H16N4O3S/c1-22-7-6-11-13(8-20)18(27-15(11)9-22)21-16(24)10-23-14-5-3-2-4-12(14)17(25)19(23)26/h2-5H,6-7,9-10H2,1H3,(H,21,24). The average molecular weight is 380 g/mol. The van der Waals surface area contributed by atoms with Crippen molar-refractivity contribution in [2.24, 2.45) is 0 Å². The van der Waals surface area contributed by atoms with E-state index in [9.17, 15) is 19.6 Å². The zero-order chi connectivity index (χ0) is 19.1. The molecule has 0 atom stereocenters. The summed E-state index contributed by atoms with van der Waals surface area (Å²) >= 11 is 1.40. The van der Waals surface area contributed by atoms with Crippen LogP contribution in [0, 0.1) is 11.3 Å². The summed E-state index contributed by atoms with van der Waals surface area (Å²) in [7, 11) is 2.01. The minimum absolute atomic E-state index is 0.269. The molecule has 8 heteroatoms. The van der Waals surface area contributed by atoms with Gasteiger partial charge in [0.05, 0.1) is 16.8 Å². The van der Waals surface area contributed by atoms with Crippen LogP contribution < -0.4 is 10.2 Å². The molecule has 0 unspecified atom stereocenters. The molecule has 2 aromatic rings. The Hall–Kier alpha value is -3.02. The van der Waals surface area contributed by atoms with Gasteiger partial charge in [-0.15, -0.1) is 11.3 Å². The van der Waals surface area contributed by atoms with Gasteiger partial charge in [0.1, 0.15) is 17.6 Å². The summed E-state index contributed by atoms with van der Waals surface area (Å²) in [6.07, 6.45) is 0.771. The van der Waals surface area contributed by atoms with Gasteiger partial charge in [-0.25, -0.2) is 0 Å². The molecule has 0 radical (unpaired) electrons. The van der Waals surface area contributed by atoms with E-state index in [1.165, 1.54) is 16.2 Å². The first-order valence-electron chi connectivity index (χ1n) is 8.48. The Labute approximate surface area is 159 Å². The molecule has 0 aliphatic carbocycles. The Kier molecular flexibility index (Phi) is 4.26. The number of ketones is 1. The van der Waals surface area contributed by atoms with Gasteiger partial charge >= 0.3 is 0 Å². The summed E-state index contributed by atoms with van der Waals surface area (Å²) in [5.74, 6) is -1.75. The molecule has 3 heterocycles. The molecule has 1 aromatic carbocycles. The number of amides is 2. The second-order valence-corrected chi connectivity index (χ2v) is 7.70. The Balaban J connectivity index is 1.55. The van der Waals surface area contributed by atoms with Crippen molar-refractivity contribution in [2.45, 2.75) is 13.0 Å². The Morgan fingerprint density at radius 1 is 1.33 bits per heavy atom. The van der Waals surface area contributed by atoms with Gasteiger partial charge in [0, 0.05) is 18.0 Å². The summed E-state index contributed by atoms with van der Waals surface area (Å²) in [4.78, 5) is 41.2. The number of Topliss-reactive ketones (excluding diaryl/α,β-unsaturated/α-hetero) is 1. The predicted octanol–water partition coefficient (Wildman–Crippen LogP) is 1.78. The highest BCUT2D eigenvalue weighted by molar-refractivity contribution is 7.16. The van der Waals surface area contributed by atoms with Crippen LogP contribution >= 0.6 is 11.3 Å². The van der Waals surface area contributed by atoms with E-state index in [1.54, 1.807) is 24.3 Å². The summed E-state index contributed by atoms with van der Waals surface area (Å²) in [5.41, 5.74) is 2.24. The van der Waals surface area contributed by atoms with Crippen LogP contribution in [-0.2, 0) is 22.6 Å². The fraction of sp³-hybridized carbons (Fsp3) is 0.263. The summed E-state index contributed by atoms with van der Waals surface area (Å²) in [6.45, 7) is 1.35. The first-order valence-corrected chi connectivity index (χ1v) is 9.29. The minimum Gasteiger partial charge on any atom is -0.315 e. The van der Waals surface area contributed by atoms with Crippen molar-refractivity contribution in [1.29, 1.82) is 5.26 Å². The highest BCUT2D eigenvalue weighted by Gasteiger charge is 2.36. The van der Waals surface area contributed by atoms with Crippen LogP contribution in [0.3, 0.4) is 0 Å². The molecule has 136 valence electrons. The maximum atomic E-state index is 12.5. The number of hydrogen-bond acceptors (Lipinski definition) is 6. The van der Waals surface area contributed by atoms with Crippen molar-refractivity contribution in [3.05, 3.63) is 45.8 Å². The number of nitriles is 1. The lowest BCUT2D eigenvalue weighted by molar-refractivity contribution is -0.118. The second-order valence-electron chi connectivity index (χ2n) is 6.59. The van der Waals surface area contributed by atoms with E-state index in [2.05, 4.69) is 16.3 Å². The lowest BCUT2D eigenvalue weighted by atomic mass is 10.0. The van der Waals surface area contributed by atoms with E-state index in [0.717, 1.165) is 30.0 Å². The molecule has 2 amide bonds. The van der Waals surface area contributed by atoms with Crippen LogP contribution in [-0.4, -0.2) is 42.6 Å². The number of thiophene rings is 1. The molecule has 0 saturated carbocycles. The monoisotopic (exact) mass is 380 g/mol. The van der Waals surface area contributed by atoms with Gasteiger partial charge in [0.15, 0.2) is 0 Å². The number of likely N-dealkylation sites (N-methyl/N-ethyl adjacent to an activating group) is 1. The van der Waals surface area contributed by atoms with Crippen molar-refractivity contribution in [3.8, 4) is 6.07 Å². The van der Waals surface area contributed by atoms with Gasteiger partial charge in [-0.3, -0.25) is 19.3 Å². The third-order valence-electron chi connectivity index (χ3n) is 4.79. The smallest absolute Gasteiger partial charge is 0.299 e. The van der Waals surface area contributed by atoms with Gasteiger partial charge in [-0.05, 0) is 31.2 Å². The van der Waals surface area contributed by atoms with E-state index >= 15 is 0 Å². The van der Waals surface area contributed by atoms with Gasteiger partial charge < -0.3 is 10.2 Å². The van der Waals surface area contributed by atoms with Crippen LogP contribution in [0.1, 0.15) is 26.4 Å². The maximum absolute atomic E-state index is 12.5. The Morgan fingerprint density at radius 3 is 2.89 bits per heavy atom. The number of hydrogen-bond donors (Lipinski definition) is 1. The molecule has 2 aliphatic heterocycles. The van der Waals surface area contributed by atoms with Gasteiger partial charge in [0.2, 0.25) is 5.91 Å². The highest BCUT2D eigenvalue weighted by Crippen LogP contribution is 2.36. The number of rotatable bonds is 3. The second kappa shape index (κ2) is 6.61. The molecule has 0 saturated heterocycles. The zero-order valence-electron chi connectivity index (χ0n) is 14.6.